The highest BCUT2D eigenvalue weighted by Gasteiger charge is 2.30. The lowest BCUT2D eigenvalue weighted by atomic mass is 10.1. The third-order valence-corrected chi connectivity index (χ3v) is 6.00. The van der Waals surface area contributed by atoms with Crippen LogP contribution in [0.3, 0.4) is 0 Å². The van der Waals surface area contributed by atoms with Gasteiger partial charge in [-0.15, -0.1) is 0 Å². The molecule has 0 fully saturated rings. The summed E-state index contributed by atoms with van der Waals surface area (Å²) in [6.45, 7) is 3.97. The van der Waals surface area contributed by atoms with E-state index in [0.717, 1.165) is 11.3 Å². The number of fused-ring (bicyclic) bond motifs is 1. The van der Waals surface area contributed by atoms with Crippen molar-refractivity contribution in [3.8, 4) is 0 Å². The molecule has 2 aromatic rings. The second-order valence-corrected chi connectivity index (χ2v) is 8.34. The quantitative estimate of drug-likeness (QED) is 0.739. The Hall–Kier alpha value is -2.52. The van der Waals surface area contributed by atoms with Gasteiger partial charge in [-0.2, -0.15) is 5.10 Å². The first kappa shape index (κ1) is 19.2. The van der Waals surface area contributed by atoms with Gasteiger partial charge in [0.2, 0.25) is 15.9 Å². The molecule has 0 bridgehead atoms. The Labute approximate surface area is 157 Å². The van der Waals surface area contributed by atoms with Crippen LogP contribution in [-0.2, 0) is 27.8 Å². The van der Waals surface area contributed by atoms with Crippen molar-refractivity contribution in [3.63, 3.8) is 0 Å². The van der Waals surface area contributed by atoms with Crippen molar-refractivity contribution in [3.05, 3.63) is 52.4 Å². The van der Waals surface area contributed by atoms with Crippen molar-refractivity contribution in [2.45, 2.75) is 44.2 Å². The Bertz CT molecular complexity index is 1020. The van der Waals surface area contributed by atoms with Crippen molar-refractivity contribution in [2.24, 2.45) is 0 Å². The van der Waals surface area contributed by atoms with Crippen molar-refractivity contribution in [2.75, 3.05) is 11.4 Å². The molecule has 1 atom stereocenters. The van der Waals surface area contributed by atoms with Crippen LogP contribution in [-0.4, -0.2) is 36.7 Å². The minimum absolute atomic E-state index is 0.0140. The van der Waals surface area contributed by atoms with E-state index in [1.54, 1.807) is 23.1 Å². The first-order valence-corrected chi connectivity index (χ1v) is 10.2. The van der Waals surface area contributed by atoms with Crippen LogP contribution < -0.4 is 15.2 Å². The summed E-state index contributed by atoms with van der Waals surface area (Å²) in [5.41, 5.74) is 1.40. The lowest BCUT2D eigenvalue weighted by molar-refractivity contribution is -0.116. The van der Waals surface area contributed by atoms with Crippen LogP contribution in [0.2, 0.25) is 0 Å². The number of hydrogen-bond acceptors (Lipinski definition) is 5. The predicted octanol–water partition coefficient (Wildman–Crippen LogP) is 0.909. The maximum absolute atomic E-state index is 12.5. The molecule has 1 aromatic heterocycles. The molecule has 1 aromatic carbocycles. The largest absolute Gasteiger partial charge is 0.309 e. The van der Waals surface area contributed by atoms with Gasteiger partial charge in [0.1, 0.15) is 0 Å². The highest BCUT2D eigenvalue weighted by molar-refractivity contribution is 7.89. The van der Waals surface area contributed by atoms with E-state index in [4.69, 9.17) is 0 Å². The fourth-order valence-corrected chi connectivity index (χ4v) is 4.45. The maximum atomic E-state index is 12.5. The molecule has 1 aliphatic heterocycles. The van der Waals surface area contributed by atoms with Crippen LogP contribution in [0, 0.1) is 0 Å². The van der Waals surface area contributed by atoms with Gasteiger partial charge in [0.25, 0.3) is 5.56 Å². The van der Waals surface area contributed by atoms with E-state index in [0.29, 0.717) is 19.4 Å². The number of anilines is 1. The molecule has 27 heavy (non-hydrogen) atoms. The molecule has 1 aliphatic rings. The molecule has 3 rings (SSSR count). The molecular weight excluding hydrogens is 368 g/mol. The molecular formula is C18H22N4O4S. The summed E-state index contributed by atoms with van der Waals surface area (Å²) in [6, 6.07) is 7.80. The van der Waals surface area contributed by atoms with Crippen molar-refractivity contribution < 1.29 is 13.2 Å². The first-order valence-electron chi connectivity index (χ1n) is 8.74. The zero-order valence-electron chi connectivity index (χ0n) is 15.3. The predicted molar refractivity (Wildman–Crippen MR) is 101 cm³/mol. The Morgan fingerprint density at radius 1 is 1.33 bits per heavy atom. The van der Waals surface area contributed by atoms with Gasteiger partial charge < -0.3 is 4.90 Å². The number of carbonyl (C=O) groups excluding carboxylic acids is 1. The zero-order chi connectivity index (χ0) is 19.6. The van der Waals surface area contributed by atoms with Crippen LogP contribution in [0.15, 0.2) is 46.2 Å². The van der Waals surface area contributed by atoms with Gasteiger partial charge in [-0.3, -0.25) is 9.59 Å². The zero-order valence-corrected chi connectivity index (χ0v) is 16.1. The number of aromatic nitrogens is 2. The van der Waals surface area contributed by atoms with Crippen molar-refractivity contribution in [1.29, 1.82) is 0 Å². The van der Waals surface area contributed by atoms with Gasteiger partial charge in [-0.1, -0.05) is 0 Å². The maximum Gasteiger partial charge on any atom is 0.266 e. The number of amides is 1. The van der Waals surface area contributed by atoms with Gasteiger partial charge in [0.15, 0.2) is 0 Å². The van der Waals surface area contributed by atoms with E-state index < -0.39 is 10.0 Å². The van der Waals surface area contributed by atoms with Gasteiger partial charge in [-0.05, 0) is 49.6 Å². The van der Waals surface area contributed by atoms with Crippen LogP contribution in [0.5, 0.6) is 0 Å². The van der Waals surface area contributed by atoms with Crippen LogP contribution >= 0.6 is 0 Å². The summed E-state index contributed by atoms with van der Waals surface area (Å²) in [5.74, 6) is -0.0558. The van der Waals surface area contributed by atoms with Gasteiger partial charge in [0.05, 0.1) is 4.90 Å². The topological polar surface area (TPSA) is 101 Å². The van der Waals surface area contributed by atoms with Crippen LogP contribution in [0.25, 0.3) is 0 Å². The Kier molecular flexibility index (Phi) is 5.43. The second-order valence-electron chi connectivity index (χ2n) is 6.57. The van der Waals surface area contributed by atoms with E-state index in [-0.39, 0.29) is 28.9 Å². The summed E-state index contributed by atoms with van der Waals surface area (Å²) in [5, 5.41) is 3.93. The molecule has 8 nitrogen and oxygen atoms in total. The highest BCUT2D eigenvalue weighted by atomic mass is 32.2. The highest BCUT2D eigenvalue weighted by Crippen LogP contribution is 2.33. The lowest BCUT2D eigenvalue weighted by Crippen LogP contribution is -2.33. The van der Waals surface area contributed by atoms with Crippen molar-refractivity contribution in [1.82, 2.24) is 14.5 Å². The number of nitrogens with zero attached hydrogens (tertiary/aromatic N) is 3. The Balaban J connectivity index is 1.66. The summed E-state index contributed by atoms with van der Waals surface area (Å²) >= 11 is 0. The molecule has 0 aliphatic carbocycles. The van der Waals surface area contributed by atoms with E-state index in [2.05, 4.69) is 9.82 Å². The second kappa shape index (κ2) is 7.61. The molecule has 0 saturated carbocycles. The number of nitrogens with one attached hydrogen (secondary N) is 1. The van der Waals surface area contributed by atoms with E-state index in [9.17, 15) is 18.0 Å². The van der Waals surface area contributed by atoms with Gasteiger partial charge >= 0.3 is 0 Å². The molecule has 0 saturated heterocycles. The monoisotopic (exact) mass is 390 g/mol. The molecule has 1 N–H and O–H groups in total. The average Bonchev–Trinajstić information content (AvgIpc) is 2.95. The molecule has 144 valence electrons. The molecule has 0 radical (unpaired) electrons. The average molecular weight is 390 g/mol. The third kappa shape index (κ3) is 4.09. The summed E-state index contributed by atoms with van der Waals surface area (Å²) in [6.07, 6.45) is 2.58. The summed E-state index contributed by atoms with van der Waals surface area (Å²) < 4.78 is 28.9. The Morgan fingerprint density at radius 3 is 2.81 bits per heavy atom. The molecule has 2 heterocycles. The normalized spacial score (nSPS) is 16.4. The fraction of sp³-hybridized carbons (Fsp3) is 0.389. The smallest absolute Gasteiger partial charge is 0.266 e. The van der Waals surface area contributed by atoms with Gasteiger partial charge in [-0.25, -0.2) is 17.8 Å². The molecule has 1 amide bonds. The Morgan fingerprint density at radius 2 is 2.11 bits per heavy atom. The number of carbonyl (C=O) groups is 1. The van der Waals surface area contributed by atoms with E-state index in [1.165, 1.54) is 29.9 Å². The number of aryl methyl sites for hydroxylation is 1. The third-order valence-electron chi connectivity index (χ3n) is 4.54. The number of benzene rings is 1. The lowest BCUT2D eigenvalue weighted by Gasteiger charge is -2.20. The fourth-order valence-electron chi connectivity index (χ4n) is 3.33. The molecule has 0 spiro atoms. The molecule has 9 heteroatoms. The SMILES string of the molecule is CC(=O)N1c2ccc(S(=O)(=O)NCCCn3ncccc3=O)cc2C[C@H]1C. The first-order chi connectivity index (χ1) is 12.8. The summed E-state index contributed by atoms with van der Waals surface area (Å²) in [4.78, 5) is 25.2. The standard InChI is InChI=1S/C18H22N4O4S/c1-13-11-15-12-16(6-7-17(15)22(13)14(2)23)27(25,26)20-9-4-10-21-18(24)5-3-8-19-21/h3,5-8,12-13,20H,4,9-11H2,1-2H3/t13-/m1/s1. The number of sulfonamides is 1. The summed E-state index contributed by atoms with van der Waals surface area (Å²) in [7, 11) is -3.66. The minimum atomic E-state index is -3.66. The van der Waals surface area contributed by atoms with Gasteiger partial charge in [0, 0.05) is 44.0 Å². The minimum Gasteiger partial charge on any atom is -0.309 e. The number of rotatable bonds is 6. The molecule has 0 unspecified atom stereocenters. The van der Waals surface area contributed by atoms with Crippen molar-refractivity contribution >= 4 is 21.6 Å². The number of hydrogen-bond donors (Lipinski definition) is 1. The van der Waals surface area contributed by atoms with E-state index >= 15 is 0 Å². The van der Waals surface area contributed by atoms with E-state index in [1.807, 2.05) is 6.92 Å². The van der Waals surface area contributed by atoms with Crippen LogP contribution in [0.1, 0.15) is 25.8 Å². The van der Waals surface area contributed by atoms with Crippen LogP contribution in [0.4, 0.5) is 5.69 Å².